The lowest BCUT2D eigenvalue weighted by Gasteiger charge is -2.07. The minimum absolute atomic E-state index is 0.0339. The van der Waals surface area contributed by atoms with E-state index in [9.17, 15) is 14.9 Å². The Kier molecular flexibility index (Phi) is 3.81. The fraction of sp³-hybridized carbons (Fsp3) is 0.222. The van der Waals surface area contributed by atoms with Crippen molar-refractivity contribution >= 4 is 23.3 Å². The molecular formula is C9H9ClN2O4. The molecule has 3 N–H and O–H groups in total. The first kappa shape index (κ1) is 12.4. The number of hydrogen-bond acceptors (Lipinski definition) is 4. The van der Waals surface area contributed by atoms with Crippen molar-refractivity contribution in [3.8, 4) is 0 Å². The van der Waals surface area contributed by atoms with Crippen molar-refractivity contribution in [2.24, 2.45) is 5.73 Å². The summed E-state index contributed by atoms with van der Waals surface area (Å²) in [6, 6.07) is 2.77. The smallest absolute Gasteiger partial charge is 0.320 e. The Morgan fingerprint density at radius 3 is 2.69 bits per heavy atom. The van der Waals surface area contributed by atoms with Gasteiger partial charge in [0.05, 0.1) is 9.95 Å². The van der Waals surface area contributed by atoms with E-state index in [2.05, 4.69) is 0 Å². The van der Waals surface area contributed by atoms with E-state index in [1.165, 1.54) is 18.2 Å². The normalized spacial score (nSPS) is 12.1. The summed E-state index contributed by atoms with van der Waals surface area (Å²) in [7, 11) is 0. The van der Waals surface area contributed by atoms with E-state index < -0.39 is 16.9 Å². The van der Waals surface area contributed by atoms with Gasteiger partial charge < -0.3 is 10.8 Å². The van der Waals surface area contributed by atoms with Gasteiger partial charge in [-0.15, -0.1) is 0 Å². The van der Waals surface area contributed by atoms with Crippen molar-refractivity contribution in [3.05, 3.63) is 38.9 Å². The lowest BCUT2D eigenvalue weighted by Crippen LogP contribution is -2.32. The predicted molar refractivity (Wildman–Crippen MR) is 57.4 cm³/mol. The van der Waals surface area contributed by atoms with Crippen molar-refractivity contribution < 1.29 is 14.8 Å². The number of hydrogen-bond donors (Lipinski definition) is 2. The highest BCUT2D eigenvalue weighted by molar-refractivity contribution is 6.31. The SMILES string of the molecule is N[C@@H](Cc1ccc([N+](=O)[O-])cc1Cl)C(=O)O. The average molecular weight is 245 g/mol. The van der Waals surface area contributed by atoms with Crippen molar-refractivity contribution in [1.29, 1.82) is 0 Å². The number of non-ortho nitro benzene ring substituents is 1. The first-order valence-electron chi connectivity index (χ1n) is 4.33. The van der Waals surface area contributed by atoms with Crippen molar-refractivity contribution in [3.63, 3.8) is 0 Å². The number of aliphatic carboxylic acids is 1. The molecule has 0 aromatic heterocycles. The number of nitro benzene ring substituents is 1. The molecule has 7 heteroatoms. The van der Waals surface area contributed by atoms with Gasteiger partial charge in [0, 0.05) is 12.1 Å². The molecule has 0 saturated carbocycles. The summed E-state index contributed by atoms with van der Waals surface area (Å²) in [5.41, 5.74) is 5.66. The van der Waals surface area contributed by atoms with E-state index in [4.69, 9.17) is 22.4 Å². The maximum Gasteiger partial charge on any atom is 0.320 e. The highest BCUT2D eigenvalue weighted by Crippen LogP contribution is 2.23. The van der Waals surface area contributed by atoms with E-state index in [-0.39, 0.29) is 17.1 Å². The molecule has 6 nitrogen and oxygen atoms in total. The molecule has 0 fully saturated rings. The molecule has 0 bridgehead atoms. The van der Waals surface area contributed by atoms with Gasteiger partial charge in [-0.2, -0.15) is 0 Å². The molecule has 86 valence electrons. The summed E-state index contributed by atoms with van der Waals surface area (Å²) in [5.74, 6) is -1.14. The number of carbonyl (C=O) groups is 1. The zero-order valence-corrected chi connectivity index (χ0v) is 8.85. The minimum atomic E-state index is -1.14. The fourth-order valence-corrected chi connectivity index (χ4v) is 1.39. The summed E-state index contributed by atoms with van der Waals surface area (Å²) in [4.78, 5) is 20.4. The van der Waals surface area contributed by atoms with Crippen LogP contribution in [0.15, 0.2) is 18.2 Å². The topological polar surface area (TPSA) is 106 Å². The zero-order chi connectivity index (χ0) is 12.3. The van der Waals surface area contributed by atoms with Gasteiger partial charge in [-0.25, -0.2) is 0 Å². The van der Waals surface area contributed by atoms with Gasteiger partial charge in [0.25, 0.3) is 5.69 Å². The van der Waals surface area contributed by atoms with Crippen LogP contribution < -0.4 is 5.73 Å². The van der Waals surface area contributed by atoms with E-state index in [0.29, 0.717) is 5.56 Å². The zero-order valence-electron chi connectivity index (χ0n) is 8.09. The number of benzene rings is 1. The first-order chi connectivity index (χ1) is 7.41. The molecule has 1 aromatic rings. The number of rotatable bonds is 4. The Morgan fingerprint density at radius 1 is 1.62 bits per heavy atom. The third kappa shape index (κ3) is 2.91. The van der Waals surface area contributed by atoms with Crippen molar-refractivity contribution in [1.82, 2.24) is 0 Å². The van der Waals surface area contributed by atoms with Crippen LogP contribution in [0, 0.1) is 10.1 Å². The molecular weight excluding hydrogens is 236 g/mol. The Hall–Kier alpha value is -1.66. The van der Waals surface area contributed by atoms with Gasteiger partial charge >= 0.3 is 5.97 Å². The van der Waals surface area contributed by atoms with Crippen molar-refractivity contribution in [2.75, 3.05) is 0 Å². The Bertz CT molecular complexity index is 436. The first-order valence-corrected chi connectivity index (χ1v) is 4.71. The second kappa shape index (κ2) is 4.91. The quantitative estimate of drug-likeness (QED) is 0.611. The van der Waals surface area contributed by atoms with Crippen LogP contribution in [-0.2, 0) is 11.2 Å². The van der Waals surface area contributed by atoms with Crippen LogP contribution in [0.3, 0.4) is 0 Å². The highest BCUT2D eigenvalue weighted by Gasteiger charge is 2.16. The third-order valence-electron chi connectivity index (χ3n) is 2.00. The number of halogens is 1. The summed E-state index contributed by atoms with van der Waals surface area (Å²) in [5, 5.41) is 19.2. The summed E-state index contributed by atoms with van der Waals surface area (Å²) >= 11 is 5.77. The van der Waals surface area contributed by atoms with Crippen molar-refractivity contribution in [2.45, 2.75) is 12.5 Å². The Balaban J connectivity index is 2.91. The van der Waals surface area contributed by atoms with Crippen LogP contribution in [0.5, 0.6) is 0 Å². The lowest BCUT2D eigenvalue weighted by molar-refractivity contribution is -0.384. The summed E-state index contributed by atoms with van der Waals surface area (Å²) in [6.45, 7) is 0. The maximum absolute atomic E-state index is 10.5. The van der Waals surface area contributed by atoms with Gasteiger partial charge in [-0.3, -0.25) is 14.9 Å². The molecule has 0 amide bonds. The largest absolute Gasteiger partial charge is 0.480 e. The highest BCUT2D eigenvalue weighted by atomic mass is 35.5. The van der Waals surface area contributed by atoms with E-state index in [0.717, 1.165) is 0 Å². The molecule has 16 heavy (non-hydrogen) atoms. The molecule has 1 atom stereocenters. The fourth-order valence-electron chi connectivity index (χ4n) is 1.14. The van der Waals surface area contributed by atoms with Gasteiger partial charge in [-0.05, 0) is 12.0 Å². The molecule has 0 spiro atoms. The summed E-state index contributed by atoms with van der Waals surface area (Å²) < 4.78 is 0. The van der Waals surface area contributed by atoms with Crippen LogP contribution in [0.1, 0.15) is 5.56 Å². The molecule has 0 unspecified atom stereocenters. The Morgan fingerprint density at radius 2 is 2.25 bits per heavy atom. The molecule has 0 aliphatic rings. The maximum atomic E-state index is 10.5. The van der Waals surface area contributed by atoms with Crippen LogP contribution in [0.25, 0.3) is 0 Å². The van der Waals surface area contributed by atoms with Gasteiger partial charge in [-0.1, -0.05) is 17.7 Å². The van der Waals surface area contributed by atoms with E-state index in [1.54, 1.807) is 0 Å². The molecule has 0 saturated heterocycles. The van der Waals surface area contributed by atoms with Crippen LogP contribution >= 0.6 is 11.6 Å². The van der Waals surface area contributed by atoms with E-state index >= 15 is 0 Å². The molecule has 0 radical (unpaired) electrons. The monoisotopic (exact) mass is 244 g/mol. The molecule has 0 heterocycles. The van der Waals surface area contributed by atoms with Gasteiger partial charge in [0.2, 0.25) is 0 Å². The average Bonchev–Trinajstić information content (AvgIpc) is 2.20. The number of carboxylic acids is 1. The molecule has 1 aromatic carbocycles. The number of nitro groups is 1. The van der Waals surface area contributed by atoms with E-state index in [1.807, 2.05) is 0 Å². The predicted octanol–water partition coefficient (Wildman–Crippen LogP) is 1.20. The Labute approximate surface area is 95.8 Å². The number of nitrogens with zero attached hydrogens (tertiary/aromatic N) is 1. The molecule has 0 aliphatic carbocycles. The minimum Gasteiger partial charge on any atom is -0.480 e. The standard InChI is InChI=1S/C9H9ClN2O4/c10-7-4-6(12(15)16)2-1-5(7)3-8(11)9(13)14/h1-2,4,8H,3,11H2,(H,13,14)/t8-/m0/s1. The number of carboxylic acid groups (broad SMARTS) is 1. The molecule has 0 aliphatic heterocycles. The van der Waals surface area contributed by atoms with Crippen LogP contribution in [0.4, 0.5) is 5.69 Å². The lowest BCUT2D eigenvalue weighted by atomic mass is 10.1. The summed E-state index contributed by atoms with van der Waals surface area (Å²) in [6.07, 6.45) is 0.0339. The number of nitrogens with two attached hydrogens (primary N) is 1. The van der Waals surface area contributed by atoms with Crippen LogP contribution in [-0.4, -0.2) is 22.0 Å². The second-order valence-corrected chi connectivity index (χ2v) is 3.59. The van der Waals surface area contributed by atoms with Gasteiger partial charge in [0.15, 0.2) is 0 Å². The molecule has 1 rings (SSSR count). The van der Waals surface area contributed by atoms with Gasteiger partial charge in [0.1, 0.15) is 6.04 Å². The third-order valence-corrected chi connectivity index (χ3v) is 2.36. The second-order valence-electron chi connectivity index (χ2n) is 3.18. The van der Waals surface area contributed by atoms with Crippen LogP contribution in [0.2, 0.25) is 5.02 Å².